The van der Waals surface area contributed by atoms with Crippen LogP contribution in [-0.2, 0) is 6.54 Å². The topological polar surface area (TPSA) is 27.0 Å². The summed E-state index contributed by atoms with van der Waals surface area (Å²) in [7, 11) is 0. The first-order chi connectivity index (χ1) is 7.22. The lowest BCUT2D eigenvalue weighted by Crippen LogP contribution is -2.26. The van der Waals surface area contributed by atoms with E-state index in [1.54, 1.807) is 0 Å². The Morgan fingerprint density at radius 1 is 1.40 bits per heavy atom. The Morgan fingerprint density at radius 3 is 2.73 bits per heavy atom. The standard InChI is InChI=1S/C12H13ClN2/c13-12(9-14)6-7-15(10-12)8-11-4-2-1-3-5-11/h1-5H,6-8,10H2/t12-/m0/s1. The largest absolute Gasteiger partial charge is 0.296 e. The summed E-state index contributed by atoms with van der Waals surface area (Å²) >= 11 is 6.11. The number of likely N-dealkylation sites (tertiary alicyclic amines) is 1. The maximum Gasteiger partial charge on any atom is 0.144 e. The maximum atomic E-state index is 8.90. The van der Waals surface area contributed by atoms with Crippen LogP contribution in [0.2, 0.25) is 0 Å². The second kappa shape index (κ2) is 4.22. The summed E-state index contributed by atoms with van der Waals surface area (Å²) in [6.45, 7) is 2.46. The smallest absolute Gasteiger partial charge is 0.144 e. The minimum atomic E-state index is -0.658. The molecule has 0 spiro atoms. The van der Waals surface area contributed by atoms with E-state index in [0.29, 0.717) is 6.54 Å². The first kappa shape index (κ1) is 10.5. The molecule has 1 fully saturated rings. The van der Waals surface area contributed by atoms with Gasteiger partial charge < -0.3 is 0 Å². The third kappa shape index (κ3) is 2.50. The van der Waals surface area contributed by atoms with Crippen LogP contribution < -0.4 is 0 Å². The molecule has 1 aromatic rings. The van der Waals surface area contributed by atoms with Gasteiger partial charge in [-0.05, 0) is 12.0 Å². The van der Waals surface area contributed by atoms with Crippen LogP contribution in [0.25, 0.3) is 0 Å². The fourth-order valence-corrected chi connectivity index (χ4v) is 2.17. The summed E-state index contributed by atoms with van der Waals surface area (Å²) in [4.78, 5) is 1.57. The fourth-order valence-electron chi connectivity index (χ4n) is 1.92. The predicted molar refractivity (Wildman–Crippen MR) is 60.5 cm³/mol. The Kier molecular flexibility index (Phi) is 2.95. The summed E-state index contributed by atoms with van der Waals surface area (Å²) in [5.74, 6) is 0. The van der Waals surface area contributed by atoms with Crippen molar-refractivity contribution in [3.8, 4) is 6.07 Å². The monoisotopic (exact) mass is 220 g/mol. The van der Waals surface area contributed by atoms with Gasteiger partial charge in [-0.25, -0.2) is 0 Å². The highest BCUT2D eigenvalue weighted by Crippen LogP contribution is 2.28. The van der Waals surface area contributed by atoms with Crippen molar-refractivity contribution in [2.75, 3.05) is 13.1 Å². The van der Waals surface area contributed by atoms with Gasteiger partial charge in [-0.15, -0.1) is 11.6 Å². The molecule has 3 heteroatoms. The molecular formula is C12H13ClN2. The zero-order valence-electron chi connectivity index (χ0n) is 8.49. The molecule has 0 saturated carbocycles. The predicted octanol–water partition coefficient (Wildman–Crippen LogP) is 2.39. The lowest BCUT2D eigenvalue weighted by molar-refractivity contribution is 0.327. The van der Waals surface area contributed by atoms with Crippen molar-refractivity contribution in [3.63, 3.8) is 0 Å². The summed E-state index contributed by atoms with van der Waals surface area (Å²) in [5.41, 5.74) is 1.27. The van der Waals surface area contributed by atoms with E-state index in [4.69, 9.17) is 16.9 Å². The molecule has 0 aromatic heterocycles. The minimum absolute atomic E-state index is 0.658. The van der Waals surface area contributed by atoms with Crippen molar-refractivity contribution < 1.29 is 0 Å². The van der Waals surface area contributed by atoms with Crippen molar-refractivity contribution in [2.24, 2.45) is 0 Å². The summed E-state index contributed by atoms with van der Waals surface area (Å²) in [6, 6.07) is 12.4. The van der Waals surface area contributed by atoms with Crippen LogP contribution in [-0.4, -0.2) is 22.9 Å². The Hall–Kier alpha value is -1.04. The van der Waals surface area contributed by atoms with Gasteiger partial charge >= 0.3 is 0 Å². The molecule has 15 heavy (non-hydrogen) atoms. The van der Waals surface area contributed by atoms with E-state index >= 15 is 0 Å². The van der Waals surface area contributed by atoms with Gasteiger partial charge in [0.25, 0.3) is 0 Å². The van der Waals surface area contributed by atoms with E-state index in [1.165, 1.54) is 5.56 Å². The molecule has 0 bridgehead atoms. The molecule has 0 N–H and O–H groups in total. The highest BCUT2D eigenvalue weighted by atomic mass is 35.5. The number of hydrogen-bond acceptors (Lipinski definition) is 2. The van der Waals surface area contributed by atoms with Gasteiger partial charge in [0, 0.05) is 19.6 Å². The van der Waals surface area contributed by atoms with Crippen molar-refractivity contribution in [2.45, 2.75) is 17.8 Å². The minimum Gasteiger partial charge on any atom is -0.296 e. The quantitative estimate of drug-likeness (QED) is 0.716. The second-order valence-corrected chi connectivity index (χ2v) is 4.75. The number of benzene rings is 1. The van der Waals surface area contributed by atoms with Crippen LogP contribution in [0, 0.1) is 11.3 Å². The number of rotatable bonds is 2. The van der Waals surface area contributed by atoms with Crippen LogP contribution in [0.1, 0.15) is 12.0 Å². The van der Waals surface area contributed by atoms with Gasteiger partial charge in [-0.2, -0.15) is 5.26 Å². The highest BCUT2D eigenvalue weighted by Gasteiger charge is 2.36. The number of halogens is 1. The third-order valence-electron chi connectivity index (χ3n) is 2.75. The molecule has 0 radical (unpaired) electrons. The van der Waals surface area contributed by atoms with E-state index in [0.717, 1.165) is 19.5 Å². The van der Waals surface area contributed by atoms with Gasteiger partial charge in [0.15, 0.2) is 0 Å². The Bertz CT molecular complexity index is 371. The molecule has 0 unspecified atom stereocenters. The number of hydrogen-bond donors (Lipinski definition) is 0. The van der Waals surface area contributed by atoms with E-state index < -0.39 is 4.87 Å². The van der Waals surface area contributed by atoms with Crippen molar-refractivity contribution in [1.82, 2.24) is 4.90 Å². The molecule has 1 aromatic carbocycles. The van der Waals surface area contributed by atoms with Gasteiger partial charge in [-0.1, -0.05) is 30.3 Å². The van der Waals surface area contributed by atoms with Gasteiger partial charge in [0.1, 0.15) is 4.87 Å². The van der Waals surface area contributed by atoms with Crippen LogP contribution in [0.4, 0.5) is 0 Å². The van der Waals surface area contributed by atoms with Gasteiger partial charge in [-0.3, -0.25) is 4.90 Å². The average Bonchev–Trinajstić information content (AvgIpc) is 2.63. The molecule has 1 atom stereocenters. The summed E-state index contributed by atoms with van der Waals surface area (Å²) < 4.78 is 0. The first-order valence-electron chi connectivity index (χ1n) is 5.08. The molecule has 1 heterocycles. The second-order valence-electron chi connectivity index (χ2n) is 4.02. The SMILES string of the molecule is N#C[C@@]1(Cl)CCN(Cc2ccccc2)C1. The van der Waals surface area contributed by atoms with E-state index in [1.807, 2.05) is 18.2 Å². The normalized spacial score (nSPS) is 26.4. The molecule has 0 amide bonds. The van der Waals surface area contributed by atoms with Crippen LogP contribution in [0.15, 0.2) is 30.3 Å². The number of nitrogens with zero attached hydrogens (tertiary/aromatic N) is 2. The number of alkyl halides is 1. The summed E-state index contributed by atoms with van der Waals surface area (Å²) in [6.07, 6.45) is 0.762. The Balaban J connectivity index is 1.97. The molecule has 1 saturated heterocycles. The van der Waals surface area contributed by atoms with Crippen LogP contribution in [0.5, 0.6) is 0 Å². The average molecular weight is 221 g/mol. The molecule has 78 valence electrons. The van der Waals surface area contributed by atoms with E-state index in [2.05, 4.69) is 23.1 Å². The van der Waals surface area contributed by atoms with E-state index in [-0.39, 0.29) is 0 Å². The lowest BCUT2D eigenvalue weighted by atomic mass is 10.1. The van der Waals surface area contributed by atoms with Crippen LogP contribution >= 0.6 is 11.6 Å². The zero-order valence-corrected chi connectivity index (χ0v) is 9.24. The summed E-state index contributed by atoms with van der Waals surface area (Å²) in [5, 5.41) is 8.90. The van der Waals surface area contributed by atoms with Crippen molar-refractivity contribution in [1.29, 1.82) is 5.26 Å². The van der Waals surface area contributed by atoms with E-state index in [9.17, 15) is 0 Å². The molecule has 1 aliphatic heterocycles. The number of nitriles is 1. The Morgan fingerprint density at radius 2 is 2.13 bits per heavy atom. The first-order valence-corrected chi connectivity index (χ1v) is 5.46. The Labute approximate surface area is 95.1 Å². The molecule has 2 nitrogen and oxygen atoms in total. The molecule has 2 rings (SSSR count). The fraction of sp³-hybridized carbons (Fsp3) is 0.417. The maximum absolute atomic E-state index is 8.90. The van der Waals surface area contributed by atoms with Crippen molar-refractivity contribution in [3.05, 3.63) is 35.9 Å². The van der Waals surface area contributed by atoms with Gasteiger partial charge in [0.05, 0.1) is 6.07 Å². The molecule has 1 aliphatic rings. The highest BCUT2D eigenvalue weighted by molar-refractivity contribution is 6.26. The third-order valence-corrected chi connectivity index (χ3v) is 3.14. The molecular weight excluding hydrogens is 208 g/mol. The van der Waals surface area contributed by atoms with Crippen molar-refractivity contribution >= 4 is 11.6 Å². The molecule has 0 aliphatic carbocycles. The van der Waals surface area contributed by atoms with Crippen LogP contribution in [0.3, 0.4) is 0 Å². The zero-order chi connectivity index (χ0) is 10.7. The lowest BCUT2D eigenvalue weighted by Gasteiger charge is -2.16. The van der Waals surface area contributed by atoms with Gasteiger partial charge in [0.2, 0.25) is 0 Å².